The summed E-state index contributed by atoms with van der Waals surface area (Å²) in [5.41, 5.74) is 0.330. The molecule has 0 aliphatic carbocycles. The van der Waals surface area contributed by atoms with Crippen LogP contribution < -0.4 is 5.32 Å². The molecule has 1 heterocycles. The van der Waals surface area contributed by atoms with Crippen molar-refractivity contribution in [1.82, 2.24) is 10.2 Å². The highest BCUT2D eigenvalue weighted by atomic mass is 19.1. The second kappa shape index (κ2) is 6.29. The number of rotatable bonds is 3. The van der Waals surface area contributed by atoms with Crippen LogP contribution in [0, 0.1) is 5.82 Å². The first-order valence-electron chi connectivity index (χ1n) is 6.06. The first kappa shape index (κ1) is 13.5. The van der Waals surface area contributed by atoms with Crippen molar-refractivity contribution in [2.75, 3.05) is 32.8 Å². The molecule has 0 unspecified atom stereocenters. The molecule has 0 radical (unpaired) electrons. The third kappa shape index (κ3) is 3.75. The van der Waals surface area contributed by atoms with Crippen LogP contribution in [0.3, 0.4) is 0 Å². The van der Waals surface area contributed by atoms with Crippen LogP contribution in [0.25, 0.3) is 0 Å². The lowest BCUT2D eigenvalue weighted by atomic mass is 10.2. The topological polar surface area (TPSA) is 58.6 Å². The van der Waals surface area contributed by atoms with Crippen molar-refractivity contribution in [2.45, 2.75) is 0 Å². The van der Waals surface area contributed by atoms with Crippen molar-refractivity contribution in [3.05, 3.63) is 35.6 Å². The van der Waals surface area contributed by atoms with E-state index < -0.39 is 5.82 Å². The van der Waals surface area contributed by atoms with Gasteiger partial charge in [0.1, 0.15) is 5.82 Å². The Balaban J connectivity index is 1.82. The molecule has 2 amide bonds. The Morgan fingerprint density at radius 1 is 1.21 bits per heavy atom. The van der Waals surface area contributed by atoms with E-state index in [1.54, 1.807) is 4.90 Å². The average Bonchev–Trinajstić information content (AvgIpc) is 2.46. The van der Waals surface area contributed by atoms with Crippen LogP contribution in [-0.4, -0.2) is 49.6 Å². The zero-order chi connectivity index (χ0) is 13.7. The summed E-state index contributed by atoms with van der Waals surface area (Å²) in [6.07, 6.45) is 0. The lowest BCUT2D eigenvalue weighted by Crippen LogP contribution is -2.45. The Hall–Kier alpha value is -1.95. The second-order valence-corrected chi connectivity index (χ2v) is 4.18. The van der Waals surface area contributed by atoms with E-state index in [1.165, 1.54) is 24.3 Å². The van der Waals surface area contributed by atoms with Crippen LogP contribution in [0.2, 0.25) is 0 Å². The predicted octanol–water partition coefficient (Wildman–Crippen LogP) is 0.414. The number of ether oxygens (including phenoxy) is 1. The summed E-state index contributed by atoms with van der Waals surface area (Å²) in [6.45, 7) is 2.09. The molecule has 102 valence electrons. The van der Waals surface area contributed by atoms with Gasteiger partial charge in [0, 0.05) is 18.7 Å². The monoisotopic (exact) mass is 266 g/mol. The van der Waals surface area contributed by atoms with Crippen molar-refractivity contribution in [1.29, 1.82) is 0 Å². The van der Waals surface area contributed by atoms with Gasteiger partial charge >= 0.3 is 0 Å². The Labute approximate surface area is 110 Å². The van der Waals surface area contributed by atoms with Gasteiger partial charge in [-0.3, -0.25) is 9.59 Å². The van der Waals surface area contributed by atoms with Crippen molar-refractivity contribution in [2.24, 2.45) is 0 Å². The molecule has 0 bridgehead atoms. The molecular weight excluding hydrogens is 251 g/mol. The van der Waals surface area contributed by atoms with E-state index in [0.717, 1.165) is 0 Å². The molecule has 0 aromatic heterocycles. The summed E-state index contributed by atoms with van der Waals surface area (Å²) in [7, 11) is 0. The van der Waals surface area contributed by atoms with Crippen LogP contribution in [0.1, 0.15) is 10.4 Å². The summed E-state index contributed by atoms with van der Waals surface area (Å²) >= 11 is 0. The van der Waals surface area contributed by atoms with Crippen molar-refractivity contribution < 1.29 is 18.7 Å². The maximum Gasteiger partial charge on any atom is 0.251 e. The minimum atomic E-state index is -0.402. The Bertz CT molecular complexity index is 455. The van der Waals surface area contributed by atoms with Gasteiger partial charge < -0.3 is 15.0 Å². The molecule has 0 spiro atoms. The van der Waals surface area contributed by atoms with Crippen LogP contribution >= 0.6 is 0 Å². The number of hydrogen-bond donors (Lipinski definition) is 1. The standard InChI is InChI=1S/C13H15FN2O3/c14-11-3-1-10(2-4-11)13(18)15-9-12(17)16-5-7-19-8-6-16/h1-4H,5-9H2,(H,15,18). The van der Waals surface area contributed by atoms with Gasteiger partial charge in [-0.2, -0.15) is 0 Å². The molecule has 1 N–H and O–H groups in total. The Morgan fingerprint density at radius 3 is 2.47 bits per heavy atom. The number of carbonyl (C=O) groups is 2. The molecule has 1 fully saturated rings. The van der Waals surface area contributed by atoms with E-state index in [9.17, 15) is 14.0 Å². The third-order valence-corrected chi connectivity index (χ3v) is 2.87. The number of halogens is 1. The lowest BCUT2D eigenvalue weighted by molar-refractivity contribution is -0.134. The number of carbonyl (C=O) groups excluding carboxylic acids is 2. The van der Waals surface area contributed by atoms with Gasteiger partial charge in [0.25, 0.3) is 5.91 Å². The molecule has 1 aliphatic rings. The highest BCUT2D eigenvalue weighted by molar-refractivity contribution is 5.96. The number of nitrogens with zero attached hydrogens (tertiary/aromatic N) is 1. The first-order chi connectivity index (χ1) is 9.16. The molecule has 6 heteroatoms. The maximum atomic E-state index is 12.7. The largest absolute Gasteiger partial charge is 0.378 e. The molecule has 1 saturated heterocycles. The van der Waals surface area contributed by atoms with E-state index in [2.05, 4.69) is 5.32 Å². The quantitative estimate of drug-likeness (QED) is 0.862. The Kier molecular flexibility index (Phi) is 4.46. The van der Waals surface area contributed by atoms with Gasteiger partial charge in [0.15, 0.2) is 0 Å². The highest BCUT2D eigenvalue weighted by Crippen LogP contribution is 2.02. The van der Waals surface area contributed by atoms with E-state index >= 15 is 0 Å². The van der Waals surface area contributed by atoms with E-state index in [4.69, 9.17) is 4.74 Å². The van der Waals surface area contributed by atoms with Crippen LogP contribution in [0.4, 0.5) is 4.39 Å². The van der Waals surface area contributed by atoms with Gasteiger partial charge in [-0.15, -0.1) is 0 Å². The van der Waals surface area contributed by atoms with Gasteiger partial charge in [-0.1, -0.05) is 0 Å². The smallest absolute Gasteiger partial charge is 0.251 e. The molecule has 1 aromatic rings. The van der Waals surface area contributed by atoms with Gasteiger partial charge in [0.05, 0.1) is 19.8 Å². The van der Waals surface area contributed by atoms with E-state index in [0.29, 0.717) is 31.9 Å². The Morgan fingerprint density at radius 2 is 1.84 bits per heavy atom. The van der Waals surface area contributed by atoms with Crippen LogP contribution in [0.15, 0.2) is 24.3 Å². The summed E-state index contributed by atoms with van der Waals surface area (Å²) < 4.78 is 17.8. The maximum absolute atomic E-state index is 12.7. The fraction of sp³-hybridized carbons (Fsp3) is 0.385. The van der Waals surface area contributed by atoms with E-state index in [1.807, 2.05) is 0 Å². The van der Waals surface area contributed by atoms with Gasteiger partial charge in [-0.05, 0) is 24.3 Å². The number of hydrogen-bond acceptors (Lipinski definition) is 3. The van der Waals surface area contributed by atoms with Crippen molar-refractivity contribution >= 4 is 11.8 Å². The summed E-state index contributed by atoms with van der Waals surface area (Å²) in [4.78, 5) is 25.1. The van der Waals surface area contributed by atoms with Gasteiger partial charge in [0.2, 0.25) is 5.91 Å². The minimum absolute atomic E-state index is 0.0593. The number of nitrogens with one attached hydrogen (secondary N) is 1. The van der Waals surface area contributed by atoms with E-state index in [-0.39, 0.29) is 18.4 Å². The second-order valence-electron chi connectivity index (χ2n) is 4.18. The highest BCUT2D eigenvalue weighted by Gasteiger charge is 2.17. The molecule has 5 nitrogen and oxygen atoms in total. The molecule has 19 heavy (non-hydrogen) atoms. The summed E-state index contributed by atoms with van der Waals surface area (Å²) in [6, 6.07) is 5.17. The zero-order valence-electron chi connectivity index (χ0n) is 10.4. The molecule has 1 aromatic carbocycles. The zero-order valence-corrected chi connectivity index (χ0v) is 10.4. The minimum Gasteiger partial charge on any atom is -0.378 e. The number of morpholine rings is 1. The molecule has 0 atom stereocenters. The SMILES string of the molecule is O=C(NCC(=O)N1CCOCC1)c1ccc(F)cc1. The summed E-state index contributed by atoms with van der Waals surface area (Å²) in [5.74, 6) is -0.929. The fourth-order valence-electron chi connectivity index (χ4n) is 1.78. The number of amides is 2. The normalized spacial score (nSPS) is 15.1. The van der Waals surface area contributed by atoms with Crippen LogP contribution in [0.5, 0.6) is 0 Å². The fourth-order valence-corrected chi connectivity index (χ4v) is 1.78. The predicted molar refractivity (Wildman–Crippen MR) is 66.1 cm³/mol. The third-order valence-electron chi connectivity index (χ3n) is 2.87. The van der Waals surface area contributed by atoms with Crippen molar-refractivity contribution in [3.63, 3.8) is 0 Å². The van der Waals surface area contributed by atoms with Crippen molar-refractivity contribution in [3.8, 4) is 0 Å². The lowest BCUT2D eigenvalue weighted by Gasteiger charge is -2.26. The molecule has 1 aliphatic heterocycles. The van der Waals surface area contributed by atoms with Crippen LogP contribution in [-0.2, 0) is 9.53 Å². The summed E-state index contributed by atoms with van der Waals surface area (Å²) in [5, 5.41) is 2.52. The molecule has 2 rings (SSSR count). The van der Waals surface area contributed by atoms with Gasteiger partial charge in [-0.25, -0.2) is 4.39 Å². The molecular formula is C13H15FN2O3. The molecule has 0 saturated carbocycles. The average molecular weight is 266 g/mol. The first-order valence-corrected chi connectivity index (χ1v) is 6.06. The number of benzene rings is 1.